The molecular weight excluding hydrogens is 272 g/mol. The molecule has 22 heavy (non-hydrogen) atoms. The van der Waals surface area contributed by atoms with E-state index in [0.29, 0.717) is 6.04 Å². The lowest BCUT2D eigenvalue weighted by Gasteiger charge is -2.38. The number of carbonyl (C=O) groups excluding carboxylic acids is 1. The van der Waals surface area contributed by atoms with Gasteiger partial charge in [0.2, 0.25) is 0 Å². The van der Waals surface area contributed by atoms with E-state index in [1.54, 1.807) is 4.90 Å². The second-order valence-electron chi connectivity index (χ2n) is 5.73. The number of benzene rings is 2. The minimum Gasteiger partial charge on any atom is -0.332 e. The summed E-state index contributed by atoms with van der Waals surface area (Å²) in [6.45, 7) is 3.34. The van der Waals surface area contributed by atoms with Crippen LogP contribution in [0.5, 0.6) is 0 Å². The molecule has 1 aliphatic heterocycles. The first-order valence-electron chi connectivity index (χ1n) is 7.82. The van der Waals surface area contributed by atoms with E-state index >= 15 is 0 Å². The van der Waals surface area contributed by atoms with Crippen molar-refractivity contribution in [1.29, 1.82) is 0 Å². The smallest absolute Gasteiger partial charge is 0.312 e. The molecule has 0 saturated carbocycles. The molecule has 1 amide bonds. The van der Waals surface area contributed by atoms with Crippen molar-refractivity contribution in [2.45, 2.75) is 12.5 Å². The van der Waals surface area contributed by atoms with Crippen LogP contribution in [0.4, 0.5) is 0 Å². The minimum absolute atomic E-state index is 0.359. The highest BCUT2D eigenvalue weighted by Gasteiger charge is 2.24. The molecule has 2 aromatic rings. The second kappa shape index (κ2) is 7.23. The number of nitrogens with zero attached hydrogens (tertiary/aromatic N) is 2. The molecule has 0 N–H and O–H groups in total. The molecule has 0 aromatic heterocycles. The standard InChI is InChI=1S/C19H21N2O/c22-16-20-11-13-21(14-12-20)19(18-9-5-2-6-10-18)15-17-7-3-1-4-8-17/h1-10,19H,11-15H2. The molecule has 3 rings (SSSR count). The third-order valence-electron chi connectivity index (χ3n) is 4.34. The number of hydrogen-bond donors (Lipinski definition) is 0. The average Bonchev–Trinajstić information content (AvgIpc) is 2.61. The van der Waals surface area contributed by atoms with Gasteiger partial charge in [0.1, 0.15) is 0 Å². The maximum absolute atomic E-state index is 10.8. The highest BCUT2D eigenvalue weighted by molar-refractivity contribution is 5.48. The van der Waals surface area contributed by atoms with Gasteiger partial charge in [-0.25, -0.2) is 0 Å². The molecule has 3 heteroatoms. The van der Waals surface area contributed by atoms with Crippen LogP contribution in [0, 0.1) is 0 Å². The Morgan fingerprint density at radius 3 is 2.05 bits per heavy atom. The van der Waals surface area contributed by atoms with Crippen LogP contribution in [-0.2, 0) is 11.2 Å². The number of piperazine rings is 1. The molecule has 113 valence electrons. The second-order valence-corrected chi connectivity index (χ2v) is 5.73. The van der Waals surface area contributed by atoms with Crippen molar-refractivity contribution >= 4 is 6.41 Å². The normalized spacial score (nSPS) is 17.2. The third kappa shape index (κ3) is 3.55. The lowest BCUT2D eigenvalue weighted by Crippen LogP contribution is -2.47. The first kappa shape index (κ1) is 14.8. The fourth-order valence-electron chi connectivity index (χ4n) is 3.10. The zero-order valence-electron chi connectivity index (χ0n) is 12.7. The van der Waals surface area contributed by atoms with Crippen LogP contribution in [0.2, 0.25) is 0 Å². The monoisotopic (exact) mass is 293 g/mol. The van der Waals surface area contributed by atoms with Crippen LogP contribution >= 0.6 is 0 Å². The van der Waals surface area contributed by atoms with Crippen LogP contribution < -0.4 is 0 Å². The van der Waals surface area contributed by atoms with Gasteiger partial charge in [-0.3, -0.25) is 9.69 Å². The van der Waals surface area contributed by atoms with Crippen LogP contribution in [-0.4, -0.2) is 42.4 Å². The Hall–Kier alpha value is -2.13. The van der Waals surface area contributed by atoms with E-state index in [1.807, 2.05) is 6.41 Å². The Bertz CT molecular complexity index is 577. The Balaban J connectivity index is 1.79. The molecule has 0 aliphatic carbocycles. The zero-order valence-corrected chi connectivity index (χ0v) is 12.7. The molecule has 1 heterocycles. The predicted octanol–water partition coefficient (Wildman–Crippen LogP) is 2.66. The predicted molar refractivity (Wildman–Crippen MR) is 88.2 cm³/mol. The first-order chi connectivity index (χ1) is 10.9. The van der Waals surface area contributed by atoms with Gasteiger partial charge in [-0.1, -0.05) is 60.7 Å². The topological polar surface area (TPSA) is 23.6 Å². The van der Waals surface area contributed by atoms with Gasteiger partial charge in [-0.2, -0.15) is 0 Å². The molecule has 0 bridgehead atoms. The van der Waals surface area contributed by atoms with E-state index in [0.717, 1.165) is 32.6 Å². The molecular formula is C19H21N2O. The molecule has 1 radical (unpaired) electrons. The summed E-state index contributed by atoms with van der Waals surface area (Å²) in [4.78, 5) is 15.0. The first-order valence-corrected chi connectivity index (χ1v) is 7.82. The van der Waals surface area contributed by atoms with Gasteiger partial charge in [0.25, 0.3) is 0 Å². The lowest BCUT2D eigenvalue weighted by molar-refractivity contribution is 0.129. The lowest BCUT2D eigenvalue weighted by atomic mass is 9.97. The van der Waals surface area contributed by atoms with Gasteiger partial charge in [0, 0.05) is 32.2 Å². The molecule has 1 atom stereocenters. The quantitative estimate of drug-likeness (QED) is 0.846. The van der Waals surface area contributed by atoms with Crippen molar-refractivity contribution in [2.24, 2.45) is 0 Å². The SMILES string of the molecule is O=[C]N1CCN(C(Cc2ccccc2)c2ccccc2)CC1. The van der Waals surface area contributed by atoms with Crippen LogP contribution in [0.15, 0.2) is 60.7 Å². The summed E-state index contributed by atoms with van der Waals surface area (Å²) < 4.78 is 0. The van der Waals surface area contributed by atoms with Crippen molar-refractivity contribution in [1.82, 2.24) is 9.80 Å². The number of amides is 1. The van der Waals surface area contributed by atoms with E-state index in [4.69, 9.17) is 0 Å². The van der Waals surface area contributed by atoms with E-state index in [9.17, 15) is 4.79 Å². The van der Waals surface area contributed by atoms with Gasteiger partial charge in [-0.05, 0) is 17.5 Å². The van der Waals surface area contributed by atoms with Gasteiger partial charge in [-0.15, -0.1) is 0 Å². The Morgan fingerprint density at radius 2 is 1.45 bits per heavy atom. The highest BCUT2D eigenvalue weighted by atomic mass is 16.1. The molecule has 0 spiro atoms. The summed E-state index contributed by atoms with van der Waals surface area (Å²) in [5.74, 6) is 0. The zero-order chi connectivity index (χ0) is 15.2. The summed E-state index contributed by atoms with van der Waals surface area (Å²) in [5.41, 5.74) is 2.69. The largest absolute Gasteiger partial charge is 0.332 e. The molecule has 1 unspecified atom stereocenters. The van der Waals surface area contributed by atoms with Crippen molar-refractivity contribution in [3.8, 4) is 0 Å². The van der Waals surface area contributed by atoms with E-state index < -0.39 is 0 Å². The fraction of sp³-hybridized carbons (Fsp3) is 0.316. The van der Waals surface area contributed by atoms with Gasteiger partial charge >= 0.3 is 6.41 Å². The Labute approximate surface area is 132 Å². The summed E-state index contributed by atoms with van der Waals surface area (Å²) in [6, 6.07) is 21.6. The maximum Gasteiger partial charge on any atom is 0.312 e. The summed E-state index contributed by atoms with van der Waals surface area (Å²) >= 11 is 0. The van der Waals surface area contributed by atoms with E-state index in [2.05, 4.69) is 65.6 Å². The van der Waals surface area contributed by atoms with Gasteiger partial charge in [0.05, 0.1) is 0 Å². The Kier molecular flexibility index (Phi) is 4.86. The van der Waals surface area contributed by atoms with Crippen LogP contribution in [0.25, 0.3) is 0 Å². The van der Waals surface area contributed by atoms with E-state index in [-0.39, 0.29) is 0 Å². The van der Waals surface area contributed by atoms with Gasteiger partial charge < -0.3 is 4.90 Å². The van der Waals surface area contributed by atoms with Crippen LogP contribution in [0.1, 0.15) is 17.2 Å². The molecule has 1 fully saturated rings. The molecule has 1 aliphatic rings. The molecule has 1 saturated heterocycles. The van der Waals surface area contributed by atoms with Gasteiger partial charge in [0.15, 0.2) is 0 Å². The van der Waals surface area contributed by atoms with Crippen LogP contribution in [0.3, 0.4) is 0 Å². The summed E-state index contributed by atoms with van der Waals surface area (Å²) in [6.07, 6.45) is 3.01. The number of hydrogen-bond acceptors (Lipinski definition) is 2. The third-order valence-corrected chi connectivity index (χ3v) is 4.34. The average molecular weight is 293 g/mol. The summed E-state index contributed by atoms with van der Waals surface area (Å²) in [7, 11) is 0. The minimum atomic E-state index is 0.359. The Morgan fingerprint density at radius 1 is 0.864 bits per heavy atom. The molecule has 3 nitrogen and oxygen atoms in total. The number of rotatable bonds is 5. The highest BCUT2D eigenvalue weighted by Crippen LogP contribution is 2.26. The van der Waals surface area contributed by atoms with Crippen molar-refractivity contribution in [3.05, 3.63) is 71.8 Å². The van der Waals surface area contributed by atoms with Crippen molar-refractivity contribution in [3.63, 3.8) is 0 Å². The maximum atomic E-state index is 10.8. The van der Waals surface area contributed by atoms with Crippen molar-refractivity contribution in [2.75, 3.05) is 26.2 Å². The summed E-state index contributed by atoms with van der Waals surface area (Å²) in [5, 5.41) is 0. The molecule has 2 aromatic carbocycles. The fourth-order valence-corrected chi connectivity index (χ4v) is 3.10. The van der Waals surface area contributed by atoms with E-state index in [1.165, 1.54) is 11.1 Å². The van der Waals surface area contributed by atoms with Crippen molar-refractivity contribution < 1.29 is 4.79 Å².